The summed E-state index contributed by atoms with van der Waals surface area (Å²) < 4.78 is 34.5. The predicted molar refractivity (Wildman–Crippen MR) is 397 cm³/mol. The average molecular weight is 1560 g/mol. The second kappa shape index (κ2) is 36.5. The Bertz CT molecular complexity index is 4100. The number of nitrogens with one attached hydrogen (secondary N) is 5. The second-order valence-corrected chi connectivity index (χ2v) is 46.7. The van der Waals surface area contributed by atoms with Crippen molar-refractivity contribution in [1.29, 1.82) is 0 Å². The number of hydrogen-bond acceptors (Lipinski definition) is 24. The molecule has 0 spiro atoms. The van der Waals surface area contributed by atoms with Gasteiger partial charge in [0.15, 0.2) is 23.5 Å². The molecule has 8 heterocycles. The minimum absolute atomic E-state index is 0.0911. The van der Waals surface area contributed by atoms with Crippen LogP contribution < -0.4 is 49.0 Å². The average Bonchev–Trinajstić information content (AvgIpc) is 1.70. The van der Waals surface area contributed by atoms with Gasteiger partial charge in [0, 0.05) is 61.8 Å². The Morgan fingerprint density at radius 2 is 0.828 bits per heavy atom. The summed E-state index contributed by atoms with van der Waals surface area (Å²) in [5.41, 5.74) is -2.09. The molecule has 0 aliphatic carbocycles. The quantitative estimate of drug-likeness (QED) is 0.0199. The number of ether oxygens (including phenoxy) is 5. The fourth-order valence-corrected chi connectivity index (χ4v) is 15.7. The molecule has 4 aliphatic heterocycles. The molecule has 30 nitrogen and oxygen atoms in total. The number of nitrogens with zero attached hydrogens (tertiary/aromatic N) is 5. The van der Waals surface area contributed by atoms with Gasteiger partial charge in [-0.25, -0.2) is 9.59 Å². The number of aliphatic hydroxyl groups excluding tert-OH is 7. The molecule has 12 N–H and O–H groups in total. The van der Waals surface area contributed by atoms with Crippen LogP contribution in [0, 0.1) is 4.77 Å². The van der Waals surface area contributed by atoms with Crippen LogP contribution in [-0.2, 0) is 59.2 Å². The van der Waals surface area contributed by atoms with Crippen LogP contribution in [0.5, 0.6) is 0 Å². The zero-order chi connectivity index (χ0) is 74.7. The van der Waals surface area contributed by atoms with Crippen LogP contribution in [-0.4, -0.2) is 299 Å². The Balaban J connectivity index is 0.000000238. The maximum atomic E-state index is 12.3. The third-order valence-electron chi connectivity index (χ3n) is 16.5. The van der Waals surface area contributed by atoms with Crippen molar-refractivity contribution in [3.8, 4) is 0 Å². The first-order valence-electron chi connectivity index (χ1n) is 32.0. The van der Waals surface area contributed by atoms with E-state index < -0.39 is 148 Å². The van der Waals surface area contributed by atoms with E-state index in [0.29, 0.717) is 54.6 Å². The third-order valence-corrected chi connectivity index (χ3v) is 23.3. The van der Waals surface area contributed by atoms with E-state index in [9.17, 15) is 74.1 Å². The molecule has 4 aromatic heterocycles. The summed E-state index contributed by atoms with van der Waals surface area (Å²) in [6.45, 7) is 15.1. The van der Waals surface area contributed by atoms with Crippen LogP contribution in [0.1, 0.15) is 86.7 Å². The Morgan fingerprint density at radius 1 is 0.515 bits per heavy atom. The molecular weight excluding hydrogens is 1450 g/mol. The molecule has 1 radical (unpaired) electrons. The van der Waals surface area contributed by atoms with Gasteiger partial charge in [-0.05, 0) is 111 Å². The van der Waals surface area contributed by atoms with Crippen LogP contribution in [0.15, 0.2) is 53.6 Å². The number of hydrogen-bond donors (Lipinski definition) is 12. The van der Waals surface area contributed by atoms with E-state index in [0.717, 1.165) is 29.2 Å². The van der Waals surface area contributed by atoms with Crippen molar-refractivity contribution in [3.63, 3.8) is 0 Å². The van der Waals surface area contributed by atoms with Gasteiger partial charge in [-0.2, -0.15) is 0 Å². The van der Waals surface area contributed by atoms with Gasteiger partial charge >= 0.3 is 161 Å². The maximum absolute atomic E-state index is 12.3. The van der Waals surface area contributed by atoms with E-state index in [4.69, 9.17) is 35.9 Å². The predicted octanol–water partition coefficient (Wildman–Crippen LogP) is -1.75. The van der Waals surface area contributed by atoms with E-state index in [1.165, 1.54) is 42.5 Å². The molecule has 36 heteroatoms. The van der Waals surface area contributed by atoms with Crippen LogP contribution >= 0.6 is 39.8 Å². The van der Waals surface area contributed by atoms with Gasteiger partial charge in [0.05, 0.1) is 18.3 Å². The Morgan fingerprint density at radius 3 is 1.19 bits per heavy atom. The summed E-state index contributed by atoms with van der Waals surface area (Å²) >= 11 is 7.90. The Hall–Kier alpha value is -4.16. The summed E-state index contributed by atoms with van der Waals surface area (Å²) in [4.78, 5) is 105. The third kappa shape index (κ3) is 24.5. The van der Waals surface area contributed by atoms with Crippen molar-refractivity contribution in [2.75, 3.05) is 99.2 Å². The molecule has 0 saturated carbocycles. The van der Waals surface area contributed by atoms with Crippen LogP contribution in [0.2, 0.25) is 0 Å². The summed E-state index contributed by atoms with van der Waals surface area (Å²) in [5, 5.41) is 78.2. The van der Waals surface area contributed by atoms with E-state index in [1.807, 2.05) is 0 Å². The zero-order valence-electron chi connectivity index (χ0n) is 58.6. The number of H-pyrrole nitrogens is 3. The normalized spacial score (nSPS) is 27.0. The van der Waals surface area contributed by atoms with E-state index in [-0.39, 0.29) is 51.4 Å². The minimum atomic E-state index is -1.32. The molecule has 0 bridgehead atoms. The first-order chi connectivity index (χ1) is 45.8. The Kier molecular flexibility index (Phi) is 31.5. The molecule has 0 unspecified atom stereocenters. The molecule has 0 aromatic carbocycles. The number of aromatic nitrogens is 8. The monoisotopic (exact) mass is 1560 g/mol. The first kappa shape index (κ1) is 85.5. The molecule has 557 valence electrons. The molecule has 0 amide bonds. The number of carbonyl (C=O) groups excluding carboxylic acids is 2. The molecule has 4 fully saturated rings. The van der Waals surface area contributed by atoms with Crippen molar-refractivity contribution in [2.45, 2.75) is 164 Å². The number of rotatable bonds is 25. The SMILES string of the molecule is C=P(C)(C)CC[C@H]1O[C@@H](n2cc(CC(C)=O)c(=O)[nH]c2=O)[C@H](O)[C@@H]1O.C=P(C)(C)CC[C@H]1O[C@@H](n2cc(CC(C)=O)c(=O)[nH]c2=O)[C@H](OC)[C@@H]1O.C=P(C)(C)CC[C@H]1O[C@@H](n2cc(CNC)c(=O)[nH]c2=S)[C@H](O)[C@@H]1O.C=P(C)(C)CC[C@H]1O[C@@H](n2cc(CNC)c(=O)nc2[Se])[C@H](O)[C@@H]1O. The van der Waals surface area contributed by atoms with Crippen molar-refractivity contribution in [3.05, 3.63) is 114 Å². The molecule has 4 aliphatic rings. The van der Waals surface area contributed by atoms with Gasteiger partial charge < -0.3 is 49.8 Å². The molecule has 8 rings (SSSR count). The topological polar surface area (TPSA) is 428 Å². The summed E-state index contributed by atoms with van der Waals surface area (Å²) in [7, 11) is 4.90. The van der Waals surface area contributed by atoms with E-state index in [1.54, 1.807) is 31.1 Å². The first-order valence-corrected chi connectivity index (χ1v) is 45.5. The number of Topliss-reactive ketones (excluding diaryl/α,β-unsaturated/α-hetero) is 2. The number of ketones is 2. The van der Waals surface area contributed by atoms with Gasteiger partial charge in [0.25, 0.3) is 16.7 Å². The van der Waals surface area contributed by atoms with Crippen molar-refractivity contribution in [2.24, 2.45) is 0 Å². The molecule has 16 atom stereocenters. The van der Waals surface area contributed by atoms with E-state index in [2.05, 4.69) is 125 Å². The van der Waals surface area contributed by atoms with Crippen molar-refractivity contribution in [1.82, 2.24) is 48.8 Å². The van der Waals surface area contributed by atoms with Gasteiger partial charge in [-0.15, -0.1) is 39.6 Å². The van der Waals surface area contributed by atoms with Crippen LogP contribution in [0.4, 0.5) is 0 Å². The van der Waals surface area contributed by atoms with Gasteiger partial charge in [0.1, 0.15) is 48.2 Å². The second-order valence-electron chi connectivity index (χ2n) is 28.2. The summed E-state index contributed by atoms with van der Waals surface area (Å²) in [6, 6.07) is 0. The number of aromatic amines is 3. The van der Waals surface area contributed by atoms with Gasteiger partial charge in [-0.3, -0.25) is 52.6 Å². The fourth-order valence-electron chi connectivity index (χ4n) is 11.2. The zero-order valence-corrected chi connectivity index (χ0v) is 64.7. The molecule has 99 heavy (non-hydrogen) atoms. The number of aliphatic hydroxyl groups is 7. The van der Waals surface area contributed by atoms with E-state index >= 15 is 0 Å². The van der Waals surface area contributed by atoms with Crippen molar-refractivity contribution >= 4 is 97.3 Å². The number of carbonyl (C=O) groups is 2. The summed E-state index contributed by atoms with van der Waals surface area (Å²) in [6.07, 6.45) is 13.7. The molecule has 4 saturated heterocycles. The van der Waals surface area contributed by atoms with Crippen molar-refractivity contribution < 1.29 is 69.0 Å². The van der Waals surface area contributed by atoms with Crippen LogP contribution in [0.3, 0.4) is 0 Å². The van der Waals surface area contributed by atoms with Gasteiger partial charge in [-0.1, -0.05) is 0 Å². The van der Waals surface area contributed by atoms with Crippen LogP contribution in [0.25, 0.3) is 0 Å². The van der Waals surface area contributed by atoms with Gasteiger partial charge in [0.2, 0.25) is 0 Å². The molecular formula is C63H103N10O20P4SSe. The Labute approximate surface area is 589 Å². The molecule has 4 aromatic rings. The summed E-state index contributed by atoms with van der Waals surface area (Å²) in [5.74, 6) is -0.431. The fraction of sp³-hybridized carbons (Fsp3) is 0.651. The standard InChI is InChI=1S/C17H27N2O6P.C16H25N2O6P.C15H26N3O4PS.C15H25N3O4PSe/c1-10(20)8-11-9-19(17(23)18-15(11)22)16-14(24-2)13(21)12(25-16)6-7-26(3,4)5;1-9(19)7-10-8-18(16(23)17-14(10)22)15-13(21)12(20)11(24-15)5-6-25(2,3)4;2*1-16-7-9-8-18(15(24)17-13(9)21)14-12(20)11(19)10(22-14)5-6-23(2,3)4/h9,12-14,16,21H,3,6-8H2,1-2,4-5H3,(H,18,22,23);8,11-13,15,20-21H,2,5-7H2,1,3-4H3,(H,17,22,23);8,10-12,14,16,19-20H,2,5-7H2,1,3-4H3,(H,17,21,24);8,10-12,14,16,19-20H,2,5-7H2,1,3-4H3/t12-,13-,14-,16-;11-,12-,13-,15-;2*10-,11-,12-,14-/m1111/s1. The number of methoxy groups -OCH3 is 1.